The second-order valence-electron chi connectivity index (χ2n) is 5.38. The van der Waals surface area contributed by atoms with Crippen molar-refractivity contribution in [1.29, 1.82) is 0 Å². The van der Waals surface area contributed by atoms with E-state index >= 15 is 0 Å². The van der Waals surface area contributed by atoms with Gasteiger partial charge in [-0.2, -0.15) is 0 Å². The lowest BCUT2D eigenvalue weighted by Gasteiger charge is -2.14. The minimum Gasteiger partial charge on any atom is -0.393 e. The fraction of sp³-hybridized carbons (Fsp3) is 0.375. The van der Waals surface area contributed by atoms with Crippen LogP contribution in [0.5, 0.6) is 0 Å². The normalized spacial score (nSPS) is 12.6. The first kappa shape index (κ1) is 15.4. The van der Waals surface area contributed by atoms with Crippen molar-refractivity contribution in [1.82, 2.24) is 10.3 Å². The van der Waals surface area contributed by atoms with Crippen molar-refractivity contribution in [2.45, 2.75) is 26.4 Å². The predicted molar refractivity (Wildman–Crippen MR) is 79.5 cm³/mol. The van der Waals surface area contributed by atoms with Crippen molar-refractivity contribution in [3.05, 3.63) is 41.8 Å². The molecule has 0 saturated carbocycles. The monoisotopic (exact) mass is 290 g/mol. The lowest BCUT2D eigenvalue weighted by Crippen LogP contribution is -2.29. The van der Waals surface area contributed by atoms with Gasteiger partial charge in [-0.1, -0.05) is 19.9 Å². The van der Waals surface area contributed by atoms with Crippen molar-refractivity contribution in [2.24, 2.45) is 5.92 Å². The van der Waals surface area contributed by atoms with Gasteiger partial charge in [-0.05, 0) is 30.5 Å². The van der Waals surface area contributed by atoms with Gasteiger partial charge in [0.1, 0.15) is 5.82 Å². The molecule has 5 heteroatoms. The lowest BCUT2D eigenvalue weighted by molar-refractivity contribution is 0.0921. The highest BCUT2D eigenvalue weighted by atomic mass is 19.1. The van der Waals surface area contributed by atoms with E-state index in [1.165, 1.54) is 12.1 Å². The van der Waals surface area contributed by atoms with E-state index in [1.54, 1.807) is 18.3 Å². The summed E-state index contributed by atoms with van der Waals surface area (Å²) in [6, 6.07) is 5.94. The number of hydrogen-bond acceptors (Lipinski definition) is 3. The summed E-state index contributed by atoms with van der Waals surface area (Å²) >= 11 is 0. The molecule has 2 aromatic rings. The molecule has 1 atom stereocenters. The Morgan fingerprint density at radius 3 is 2.90 bits per heavy atom. The molecule has 1 heterocycles. The van der Waals surface area contributed by atoms with Gasteiger partial charge in [-0.3, -0.25) is 9.78 Å². The number of pyridine rings is 1. The number of aliphatic hydroxyl groups excluding tert-OH is 1. The second kappa shape index (κ2) is 6.63. The minimum atomic E-state index is -0.470. The van der Waals surface area contributed by atoms with Gasteiger partial charge in [0, 0.05) is 18.1 Å². The summed E-state index contributed by atoms with van der Waals surface area (Å²) in [5, 5.41) is 13.0. The number of benzene rings is 1. The molecule has 0 spiro atoms. The SMILES string of the molecule is CC(C)C(O)CCNC(=O)c1cc(F)cc2cccnc12. The maximum Gasteiger partial charge on any atom is 0.253 e. The van der Waals surface area contributed by atoms with Gasteiger partial charge in [0.2, 0.25) is 0 Å². The Morgan fingerprint density at radius 2 is 2.19 bits per heavy atom. The van der Waals surface area contributed by atoms with E-state index in [0.717, 1.165) is 0 Å². The average molecular weight is 290 g/mol. The third-order valence-corrected chi connectivity index (χ3v) is 3.41. The Kier molecular flexibility index (Phi) is 4.85. The predicted octanol–water partition coefficient (Wildman–Crippen LogP) is 2.51. The van der Waals surface area contributed by atoms with Gasteiger partial charge in [0.15, 0.2) is 0 Å². The van der Waals surface area contributed by atoms with Gasteiger partial charge in [-0.25, -0.2) is 4.39 Å². The lowest BCUT2D eigenvalue weighted by atomic mass is 10.0. The fourth-order valence-electron chi connectivity index (χ4n) is 2.09. The Balaban J connectivity index is 2.12. The van der Waals surface area contributed by atoms with Crippen LogP contribution in [-0.4, -0.2) is 28.6 Å². The third-order valence-electron chi connectivity index (χ3n) is 3.41. The number of nitrogens with zero attached hydrogens (tertiary/aromatic N) is 1. The van der Waals surface area contributed by atoms with E-state index in [4.69, 9.17) is 0 Å². The zero-order chi connectivity index (χ0) is 15.4. The Morgan fingerprint density at radius 1 is 1.43 bits per heavy atom. The summed E-state index contributed by atoms with van der Waals surface area (Å²) in [7, 11) is 0. The standard InChI is InChI=1S/C16H19FN2O2/c1-10(2)14(20)5-7-19-16(21)13-9-12(17)8-11-4-3-6-18-15(11)13/h3-4,6,8-10,14,20H,5,7H2,1-2H3,(H,19,21). The van der Waals surface area contributed by atoms with Gasteiger partial charge in [0.05, 0.1) is 17.2 Å². The number of halogens is 1. The number of fused-ring (bicyclic) bond motifs is 1. The van der Waals surface area contributed by atoms with E-state index in [-0.39, 0.29) is 17.4 Å². The summed E-state index contributed by atoms with van der Waals surface area (Å²) in [5.74, 6) is -0.712. The number of aliphatic hydroxyl groups is 1. The van der Waals surface area contributed by atoms with Crippen LogP contribution in [0.15, 0.2) is 30.5 Å². The van der Waals surface area contributed by atoms with Gasteiger partial charge in [0.25, 0.3) is 5.91 Å². The highest BCUT2D eigenvalue weighted by Gasteiger charge is 2.14. The van der Waals surface area contributed by atoms with Crippen molar-refractivity contribution in [3.8, 4) is 0 Å². The quantitative estimate of drug-likeness (QED) is 0.889. The van der Waals surface area contributed by atoms with E-state index in [0.29, 0.717) is 23.9 Å². The summed E-state index contributed by atoms with van der Waals surface area (Å²) in [6.07, 6.45) is 1.57. The number of rotatable bonds is 5. The average Bonchev–Trinajstić information content (AvgIpc) is 2.45. The molecule has 1 aromatic carbocycles. The van der Waals surface area contributed by atoms with Crippen LogP contribution in [-0.2, 0) is 0 Å². The van der Waals surface area contributed by atoms with E-state index in [1.807, 2.05) is 13.8 Å². The Bertz CT molecular complexity index is 643. The van der Waals surface area contributed by atoms with Crippen molar-refractivity contribution < 1.29 is 14.3 Å². The topological polar surface area (TPSA) is 62.2 Å². The smallest absolute Gasteiger partial charge is 0.253 e. The molecule has 1 unspecified atom stereocenters. The van der Waals surface area contributed by atoms with Crippen molar-refractivity contribution >= 4 is 16.8 Å². The third kappa shape index (κ3) is 3.76. The molecular formula is C16H19FN2O2. The molecule has 0 aliphatic rings. The highest BCUT2D eigenvalue weighted by molar-refractivity contribution is 6.05. The van der Waals surface area contributed by atoms with Crippen LogP contribution in [0, 0.1) is 11.7 Å². The van der Waals surface area contributed by atoms with Crippen LogP contribution in [0.3, 0.4) is 0 Å². The minimum absolute atomic E-state index is 0.138. The molecular weight excluding hydrogens is 271 g/mol. The van der Waals surface area contributed by atoms with Crippen molar-refractivity contribution in [2.75, 3.05) is 6.54 Å². The number of hydrogen-bond donors (Lipinski definition) is 2. The summed E-state index contributed by atoms with van der Waals surface area (Å²) < 4.78 is 13.6. The molecule has 1 aromatic heterocycles. The van der Waals surface area contributed by atoms with Gasteiger partial charge in [-0.15, -0.1) is 0 Å². The molecule has 2 rings (SSSR count). The Hall–Kier alpha value is -2.01. The first-order valence-corrected chi connectivity index (χ1v) is 6.99. The maximum absolute atomic E-state index is 13.6. The van der Waals surface area contributed by atoms with Crippen LogP contribution in [0.25, 0.3) is 10.9 Å². The maximum atomic E-state index is 13.6. The number of carbonyl (C=O) groups excluding carboxylic acids is 1. The van der Waals surface area contributed by atoms with Crippen molar-refractivity contribution in [3.63, 3.8) is 0 Å². The number of nitrogens with one attached hydrogen (secondary N) is 1. The highest BCUT2D eigenvalue weighted by Crippen LogP contribution is 2.18. The molecule has 4 nitrogen and oxygen atoms in total. The zero-order valence-electron chi connectivity index (χ0n) is 12.1. The largest absolute Gasteiger partial charge is 0.393 e. The first-order valence-electron chi connectivity index (χ1n) is 6.99. The summed E-state index contributed by atoms with van der Waals surface area (Å²) in [5.41, 5.74) is 0.686. The molecule has 112 valence electrons. The van der Waals surface area contributed by atoms with Crippen LogP contribution in [0.4, 0.5) is 4.39 Å². The number of aromatic nitrogens is 1. The van der Waals surface area contributed by atoms with Gasteiger partial charge < -0.3 is 10.4 Å². The number of amides is 1. The summed E-state index contributed by atoms with van der Waals surface area (Å²) in [6.45, 7) is 4.16. The van der Waals surface area contributed by atoms with Crippen LogP contribution < -0.4 is 5.32 Å². The molecule has 0 fully saturated rings. The second-order valence-corrected chi connectivity index (χ2v) is 5.38. The van der Waals surface area contributed by atoms with Crippen LogP contribution >= 0.6 is 0 Å². The molecule has 1 amide bonds. The van der Waals surface area contributed by atoms with Gasteiger partial charge >= 0.3 is 0 Å². The fourth-order valence-corrected chi connectivity index (χ4v) is 2.09. The molecule has 0 radical (unpaired) electrons. The van der Waals surface area contributed by atoms with E-state index in [2.05, 4.69) is 10.3 Å². The van der Waals surface area contributed by atoms with Crippen LogP contribution in [0.1, 0.15) is 30.6 Å². The molecule has 0 saturated heterocycles. The molecule has 21 heavy (non-hydrogen) atoms. The van der Waals surface area contributed by atoms with Crippen LogP contribution in [0.2, 0.25) is 0 Å². The molecule has 0 aliphatic heterocycles. The Labute approximate surface area is 123 Å². The summed E-state index contributed by atoms with van der Waals surface area (Å²) in [4.78, 5) is 16.3. The molecule has 0 bridgehead atoms. The number of carbonyl (C=O) groups is 1. The van der Waals surface area contributed by atoms with E-state index < -0.39 is 11.9 Å². The first-order chi connectivity index (χ1) is 9.99. The van der Waals surface area contributed by atoms with E-state index in [9.17, 15) is 14.3 Å². The molecule has 0 aliphatic carbocycles. The molecule has 2 N–H and O–H groups in total. The zero-order valence-corrected chi connectivity index (χ0v) is 12.1.